The summed E-state index contributed by atoms with van der Waals surface area (Å²) in [6, 6.07) is 3.80. The lowest BCUT2D eigenvalue weighted by Gasteiger charge is -2.27. The molecule has 1 aliphatic rings. The van der Waals surface area contributed by atoms with Gasteiger partial charge < -0.3 is 9.84 Å². The van der Waals surface area contributed by atoms with Crippen LogP contribution in [-0.4, -0.2) is 42.4 Å². The molecule has 1 aromatic rings. The number of halogens is 1. The maximum absolute atomic E-state index is 13.0. The number of hydrogen-bond acceptors (Lipinski definition) is 4. The van der Waals surface area contributed by atoms with Gasteiger partial charge in [0.25, 0.3) is 0 Å². The molecule has 0 atom stereocenters. The van der Waals surface area contributed by atoms with Crippen molar-refractivity contribution < 1.29 is 19.0 Å². The van der Waals surface area contributed by atoms with Crippen molar-refractivity contribution in [3.8, 4) is 0 Å². The fraction of sp³-hybridized carbons (Fsp3) is 0.417. The van der Waals surface area contributed by atoms with Gasteiger partial charge in [0.05, 0.1) is 18.8 Å². The smallest absolute Gasteiger partial charge is 0.336 e. The van der Waals surface area contributed by atoms with E-state index in [2.05, 4.69) is 5.43 Å². The van der Waals surface area contributed by atoms with Crippen molar-refractivity contribution in [3.63, 3.8) is 0 Å². The molecule has 0 radical (unpaired) electrons. The molecule has 0 aromatic heterocycles. The van der Waals surface area contributed by atoms with Gasteiger partial charge in [0.2, 0.25) is 0 Å². The number of nitrogens with zero attached hydrogens (tertiary/aromatic N) is 1. The van der Waals surface area contributed by atoms with E-state index in [1.54, 1.807) is 0 Å². The number of morpholine rings is 1. The molecular formula is C12H15FN2O3. The average molecular weight is 254 g/mol. The number of ether oxygens (including phenoxy) is 1. The van der Waals surface area contributed by atoms with Gasteiger partial charge in [-0.25, -0.2) is 14.2 Å². The molecule has 1 heterocycles. The molecule has 98 valence electrons. The Balaban J connectivity index is 2.01. The van der Waals surface area contributed by atoms with Crippen LogP contribution >= 0.6 is 0 Å². The van der Waals surface area contributed by atoms with Crippen molar-refractivity contribution in [1.82, 2.24) is 10.4 Å². The number of carbonyl (C=O) groups is 1. The predicted molar refractivity (Wildman–Crippen MR) is 62.6 cm³/mol. The molecule has 0 unspecified atom stereocenters. The topological polar surface area (TPSA) is 61.8 Å². The molecule has 5 nitrogen and oxygen atoms in total. The van der Waals surface area contributed by atoms with Crippen LogP contribution in [0.25, 0.3) is 0 Å². The Labute approximate surface area is 104 Å². The highest BCUT2D eigenvalue weighted by Crippen LogP contribution is 2.11. The van der Waals surface area contributed by atoms with Crippen LogP contribution in [0.15, 0.2) is 18.2 Å². The number of aromatic carboxylic acids is 1. The molecule has 0 saturated carbocycles. The summed E-state index contributed by atoms with van der Waals surface area (Å²) in [4.78, 5) is 11.0. The van der Waals surface area contributed by atoms with Gasteiger partial charge in [-0.3, -0.25) is 5.43 Å². The summed E-state index contributed by atoms with van der Waals surface area (Å²) < 4.78 is 18.2. The SMILES string of the molecule is O=C(O)c1cc(F)ccc1CNN1CCOCC1. The maximum Gasteiger partial charge on any atom is 0.336 e. The maximum atomic E-state index is 13.0. The fourth-order valence-corrected chi connectivity index (χ4v) is 1.82. The zero-order valence-corrected chi connectivity index (χ0v) is 9.86. The van der Waals surface area contributed by atoms with Crippen LogP contribution in [0.5, 0.6) is 0 Å². The highest BCUT2D eigenvalue weighted by molar-refractivity contribution is 5.89. The van der Waals surface area contributed by atoms with E-state index in [1.807, 2.05) is 5.01 Å². The molecule has 2 N–H and O–H groups in total. The lowest BCUT2D eigenvalue weighted by Crippen LogP contribution is -2.45. The number of benzene rings is 1. The van der Waals surface area contributed by atoms with Crippen LogP contribution < -0.4 is 5.43 Å². The van der Waals surface area contributed by atoms with Gasteiger partial charge in [0.15, 0.2) is 0 Å². The van der Waals surface area contributed by atoms with Gasteiger partial charge >= 0.3 is 5.97 Å². The number of carboxylic acids is 1. The molecule has 1 aromatic carbocycles. The van der Waals surface area contributed by atoms with Crippen molar-refractivity contribution in [2.75, 3.05) is 26.3 Å². The second kappa shape index (κ2) is 5.90. The van der Waals surface area contributed by atoms with Gasteiger partial charge in [0.1, 0.15) is 5.82 Å². The third kappa shape index (κ3) is 3.25. The Bertz CT molecular complexity index is 433. The van der Waals surface area contributed by atoms with Gasteiger partial charge in [-0.1, -0.05) is 6.07 Å². The van der Waals surface area contributed by atoms with E-state index in [0.29, 0.717) is 25.3 Å². The summed E-state index contributed by atoms with van der Waals surface area (Å²) in [6.45, 7) is 3.18. The van der Waals surface area contributed by atoms with Crippen LogP contribution in [0.2, 0.25) is 0 Å². The summed E-state index contributed by atoms with van der Waals surface area (Å²) in [5.74, 6) is -1.66. The lowest BCUT2D eigenvalue weighted by atomic mass is 10.1. The predicted octanol–water partition coefficient (Wildman–Crippen LogP) is 0.861. The first-order valence-electron chi connectivity index (χ1n) is 5.75. The lowest BCUT2D eigenvalue weighted by molar-refractivity contribution is 0.0105. The number of carboxylic acid groups (broad SMARTS) is 1. The summed E-state index contributed by atoms with van der Waals surface area (Å²) in [6.07, 6.45) is 0. The van der Waals surface area contributed by atoms with E-state index in [-0.39, 0.29) is 5.56 Å². The van der Waals surface area contributed by atoms with Crippen LogP contribution in [-0.2, 0) is 11.3 Å². The molecule has 1 saturated heterocycles. The minimum atomic E-state index is -1.12. The zero-order valence-electron chi connectivity index (χ0n) is 9.86. The van der Waals surface area contributed by atoms with Crippen molar-refractivity contribution in [2.45, 2.75) is 6.54 Å². The van der Waals surface area contributed by atoms with Crippen LogP contribution in [0, 0.1) is 5.82 Å². The van der Waals surface area contributed by atoms with Crippen molar-refractivity contribution in [3.05, 3.63) is 35.1 Å². The van der Waals surface area contributed by atoms with E-state index in [1.165, 1.54) is 12.1 Å². The monoisotopic (exact) mass is 254 g/mol. The fourth-order valence-electron chi connectivity index (χ4n) is 1.82. The van der Waals surface area contributed by atoms with Crippen LogP contribution in [0.4, 0.5) is 4.39 Å². The summed E-state index contributed by atoms with van der Waals surface area (Å²) >= 11 is 0. The first kappa shape index (κ1) is 12.9. The molecule has 2 rings (SSSR count). The van der Waals surface area contributed by atoms with Gasteiger partial charge in [-0.05, 0) is 17.7 Å². The van der Waals surface area contributed by atoms with E-state index in [0.717, 1.165) is 19.2 Å². The third-order valence-corrected chi connectivity index (χ3v) is 2.81. The minimum Gasteiger partial charge on any atom is -0.478 e. The Morgan fingerprint density at radius 1 is 1.44 bits per heavy atom. The van der Waals surface area contributed by atoms with E-state index in [4.69, 9.17) is 9.84 Å². The largest absolute Gasteiger partial charge is 0.478 e. The standard InChI is InChI=1S/C12H15FN2O3/c13-10-2-1-9(11(7-10)12(16)17)8-14-15-3-5-18-6-4-15/h1-2,7,14H,3-6,8H2,(H,16,17). The molecular weight excluding hydrogens is 239 g/mol. The van der Waals surface area contributed by atoms with E-state index in [9.17, 15) is 9.18 Å². The highest BCUT2D eigenvalue weighted by Gasteiger charge is 2.13. The van der Waals surface area contributed by atoms with Crippen molar-refractivity contribution in [1.29, 1.82) is 0 Å². The van der Waals surface area contributed by atoms with Crippen LogP contribution in [0.3, 0.4) is 0 Å². The Kier molecular flexibility index (Phi) is 4.24. The highest BCUT2D eigenvalue weighted by atomic mass is 19.1. The molecule has 6 heteroatoms. The molecule has 0 amide bonds. The molecule has 18 heavy (non-hydrogen) atoms. The Morgan fingerprint density at radius 3 is 2.83 bits per heavy atom. The Hall–Kier alpha value is -1.50. The number of nitrogens with one attached hydrogen (secondary N) is 1. The number of rotatable bonds is 4. The number of hydrazine groups is 1. The molecule has 0 aliphatic carbocycles. The van der Waals surface area contributed by atoms with Crippen molar-refractivity contribution >= 4 is 5.97 Å². The van der Waals surface area contributed by atoms with Crippen molar-refractivity contribution in [2.24, 2.45) is 0 Å². The summed E-state index contributed by atoms with van der Waals surface area (Å²) in [7, 11) is 0. The molecule has 0 bridgehead atoms. The zero-order chi connectivity index (χ0) is 13.0. The van der Waals surface area contributed by atoms with E-state index >= 15 is 0 Å². The summed E-state index contributed by atoms with van der Waals surface area (Å²) in [5, 5.41) is 11.0. The second-order valence-corrected chi connectivity index (χ2v) is 4.04. The minimum absolute atomic E-state index is 0.00393. The third-order valence-electron chi connectivity index (χ3n) is 2.81. The van der Waals surface area contributed by atoms with Gasteiger partial charge in [0, 0.05) is 19.6 Å². The Morgan fingerprint density at radius 2 is 2.17 bits per heavy atom. The summed E-state index contributed by atoms with van der Waals surface area (Å²) in [5.41, 5.74) is 3.68. The first-order valence-corrected chi connectivity index (χ1v) is 5.75. The molecule has 1 fully saturated rings. The average Bonchev–Trinajstić information content (AvgIpc) is 2.38. The quantitative estimate of drug-likeness (QED) is 0.834. The van der Waals surface area contributed by atoms with Gasteiger partial charge in [-0.2, -0.15) is 0 Å². The van der Waals surface area contributed by atoms with Crippen LogP contribution in [0.1, 0.15) is 15.9 Å². The molecule has 0 spiro atoms. The molecule has 1 aliphatic heterocycles. The first-order chi connectivity index (χ1) is 8.66. The number of hydrogen-bond donors (Lipinski definition) is 2. The van der Waals surface area contributed by atoms with E-state index < -0.39 is 11.8 Å². The normalized spacial score (nSPS) is 16.7. The second-order valence-electron chi connectivity index (χ2n) is 4.04. The van der Waals surface area contributed by atoms with Gasteiger partial charge in [-0.15, -0.1) is 0 Å².